The summed E-state index contributed by atoms with van der Waals surface area (Å²) in [5.74, 6) is 0. The van der Waals surface area contributed by atoms with E-state index in [0.717, 1.165) is 0 Å². The van der Waals surface area contributed by atoms with Gasteiger partial charge in [-0.2, -0.15) is 0 Å². The van der Waals surface area contributed by atoms with Crippen LogP contribution in [-0.4, -0.2) is 32.7 Å². The zero-order valence-electron chi connectivity index (χ0n) is 11.4. The van der Waals surface area contributed by atoms with Gasteiger partial charge < -0.3 is 16.2 Å². The number of benzene rings is 1. The van der Waals surface area contributed by atoms with E-state index in [1.165, 1.54) is 13.1 Å². The first-order valence-corrected chi connectivity index (χ1v) is 7.42. The third-order valence-electron chi connectivity index (χ3n) is 2.79. The Balaban J connectivity index is 3.01. The van der Waals surface area contributed by atoms with E-state index in [1.54, 1.807) is 12.1 Å². The second-order valence-corrected chi connectivity index (χ2v) is 6.80. The van der Waals surface area contributed by atoms with Gasteiger partial charge in [-0.3, -0.25) is 0 Å². The first-order chi connectivity index (χ1) is 8.72. The first kappa shape index (κ1) is 15.7. The fourth-order valence-corrected chi connectivity index (χ4v) is 2.55. The average molecular weight is 287 g/mol. The molecule has 0 aliphatic heterocycles. The van der Waals surface area contributed by atoms with E-state index >= 15 is 0 Å². The van der Waals surface area contributed by atoms with Crippen LogP contribution in [0.4, 0.5) is 11.4 Å². The lowest BCUT2D eigenvalue weighted by Crippen LogP contribution is -2.32. The maximum Gasteiger partial charge on any atom is 0.242 e. The van der Waals surface area contributed by atoms with Gasteiger partial charge in [-0.15, -0.1) is 0 Å². The molecule has 0 heterocycles. The Labute approximate surface area is 114 Å². The van der Waals surface area contributed by atoms with E-state index in [4.69, 9.17) is 10.8 Å². The summed E-state index contributed by atoms with van der Waals surface area (Å²) in [5.41, 5.74) is 6.36. The van der Waals surface area contributed by atoms with Crippen LogP contribution >= 0.6 is 0 Å². The summed E-state index contributed by atoms with van der Waals surface area (Å²) in [6.45, 7) is 3.96. The monoisotopic (exact) mass is 287 g/mol. The van der Waals surface area contributed by atoms with Crippen molar-refractivity contribution in [3.63, 3.8) is 0 Å². The highest BCUT2D eigenvalue weighted by Gasteiger charge is 2.19. The zero-order chi connectivity index (χ0) is 14.7. The Bertz CT molecular complexity index is 541. The molecule has 7 heteroatoms. The molecule has 5 N–H and O–H groups in total. The standard InChI is InChI=1S/C12H21N3O3S/c1-12(2,6-7-16)15-9-4-5-11(10(13)8-9)19(17,18)14-3/h4-5,8,14-16H,6-7,13H2,1-3H3. The molecule has 108 valence electrons. The summed E-state index contributed by atoms with van der Waals surface area (Å²) in [7, 11) is -2.20. The summed E-state index contributed by atoms with van der Waals surface area (Å²) in [4.78, 5) is 0.0560. The molecular formula is C12H21N3O3S. The third-order valence-corrected chi connectivity index (χ3v) is 4.28. The van der Waals surface area contributed by atoms with Gasteiger partial charge in [-0.25, -0.2) is 13.1 Å². The molecule has 0 unspecified atom stereocenters. The fraction of sp³-hybridized carbons (Fsp3) is 0.500. The molecule has 0 saturated heterocycles. The van der Waals surface area contributed by atoms with E-state index in [1.807, 2.05) is 13.8 Å². The summed E-state index contributed by atoms with van der Waals surface area (Å²) < 4.78 is 25.6. The largest absolute Gasteiger partial charge is 0.398 e. The van der Waals surface area contributed by atoms with Crippen molar-refractivity contribution < 1.29 is 13.5 Å². The van der Waals surface area contributed by atoms with E-state index in [2.05, 4.69) is 10.0 Å². The van der Waals surface area contributed by atoms with Gasteiger partial charge in [0.15, 0.2) is 0 Å². The first-order valence-electron chi connectivity index (χ1n) is 5.94. The zero-order valence-corrected chi connectivity index (χ0v) is 12.2. The van der Waals surface area contributed by atoms with Crippen molar-refractivity contribution in [3.8, 4) is 0 Å². The highest BCUT2D eigenvalue weighted by Crippen LogP contribution is 2.25. The van der Waals surface area contributed by atoms with Crippen molar-refractivity contribution >= 4 is 21.4 Å². The topological polar surface area (TPSA) is 104 Å². The number of nitrogen functional groups attached to an aromatic ring is 1. The van der Waals surface area contributed by atoms with Crippen LogP contribution in [0.5, 0.6) is 0 Å². The smallest absolute Gasteiger partial charge is 0.242 e. The Kier molecular flexibility index (Phi) is 4.78. The van der Waals surface area contributed by atoms with E-state index in [0.29, 0.717) is 12.1 Å². The minimum Gasteiger partial charge on any atom is -0.398 e. The second-order valence-electron chi connectivity index (χ2n) is 4.94. The lowest BCUT2D eigenvalue weighted by atomic mass is 10.0. The van der Waals surface area contributed by atoms with Gasteiger partial charge in [0, 0.05) is 17.8 Å². The molecule has 0 amide bonds. The van der Waals surface area contributed by atoms with E-state index in [-0.39, 0.29) is 22.7 Å². The number of nitrogens with two attached hydrogens (primary N) is 1. The van der Waals surface area contributed by atoms with Gasteiger partial charge in [-0.1, -0.05) is 0 Å². The van der Waals surface area contributed by atoms with Gasteiger partial charge in [-0.05, 0) is 45.5 Å². The lowest BCUT2D eigenvalue weighted by molar-refractivity contribution is 0.261. The number of hydrogen-bond donors (Lipinski definition) is 4. The minimum atomic E-state index is -3.54. The Hall–Kier alpha value is -1.31. The normalized spacial score (nSPS) is 12.4. The highest BCUT2D eigenvalue weighted by molar-refractivity contribution is 7.89. The van der Waals surface area contributed by atoms with Crippen molar-refractivity contribution in [2.24, 2.45) is 0 Å². The van der Waals surface area contributed by atoms with Crippen molar-refractivity contribution in [2.75, 3.05) is 24.7 Å². The Morgan fingerprint density at radius 2 is 2.00 bits per heavy atom. The molecule has 1 rings (SSSR count). The number of aliphatic hydroxyl groups is 1. The van der Waals surface area contributed by atoms with Crippen LogP contribution in [0.1, 0.15) is 20.3 Å². The molecule has 6 nitrogen and oxygen atoms in total. The Morgan fingerprint density at radius 3 is 2.47 bits per heavy atom. The summed E-state index contributed by atoms with van der Waals surface area (Å²) in [5, 5.41) is 12.2. The molecule has 0 bridgehead atoms. The van der Waals surface area contributed by atoms with Gasteiger partial charge in [0.2, 0.25) is 10.0 Å². The molecule has 19 heavy (non-hydrogen) atoms. The number of hydrogen-bond acceptors (Lipinski definition) is 5. The number of sulfonamides is 1. The molecule has 1 aromatic rings. The molecule has 0 aliphatic carbocycles. The van der Waals surface area contributed by atoms with Crippen molar-refractivity contribution in [1.29, 1.82) is 0 Å². The molecule has 0 aliphatic rings. The van der Waals surface area contributed by atoms with Crippen molar-refractivity contribution in [1.82, 2.24) is 4.72 Å². The molecule has 0 saturated carbocycles. The predicted molar refractivity (Wildman–Crippen MR) is 76.5 cm³/mol. The number of nitrogens with one attached hydrogen (secondary N) is 2. The minimum absolute atomic E-state index is 0.0560. The number of aliphatic hydroxyl groups excluding tert-OH is 1. The van der Waals surface area contributed by atoms with Gasteiger partial charge in [0.25, 0.3) is 0 Å². The van der Waals surface area contributed by atoms with Crippen LogP contribution in [0.25, 0.3) is 0 Å². The summed E-state index contributed by atoms with van der Waals surface area (Å²) >= 11 is 0. The molecule has 0 fully saturated rings. The third kappa shape index (κ3) is 4.09. The Morgan fingerprint density at radius 1 is 1.37 bits per heavy atom. The van der Waals surface area contributed by atoms with Crippen LogP contribution < -0.4 is 15.8 Å². The molecule has 0 spiro atoms. The van der Waals surface area contributed by atoms with Crippen molar-refractivity contribution in [3.05, 3.63) is 18.2 Å². The van der Waals surface area contributed by atoms with Gasteiger partial charge >= 0.3 is 0 Å². The van der Waals surface area contributed by atoms with Crippen LogP contribution in [-0.2, 0) is 10.0 Å². The molecule has 0 atom stereocenters. The lowest BCUT2D eigenvalue weighted by Gasteiger charge is -2.27. The quantitative estimate of drug-likeness (QED) is 0.578. The maximum absolute atomic E-state index is 11.7. The van der Waals surface area contributed by atoms with Gasteiger partial charge in [0.05, 0.1) is 5.69 Å². The number of anilines is 2. The van der Waals surface area contributed by atoms with Crippen LogP contribution in [0.2, 0.25) is 0 Å². The van der Waals surface area contributed by atoms with Crippen LogP contribution in [0.15, 0.2) is 23.1 Å². The summed E-state index contributed by atoms with van der Waals surface area (Å²) in [6, 6.07) is 4.68. The summed E-state index contributed by atoms with van der Waals surface area (Å²) in [6.07, 6.45) is 0.573. The van der Waals surface area contributed by atoms with Gasteiger partial charge in [0.1, 0.15) is 4.90 Å². The maximum atomic E-state index is 11.7. The second kappa shape index (κ2) is 5.77. The SMILES string of the molecule is CNS(=O)(=O)c1ccc(NC(C)(C)CCO)cc1N. The van der Waals surface area contributed by atoms with E-state index in [9.17, 15) is 8.42 Å². The van der Waals surface area contributed by atoms with Crippen LogP contribution in [0.3, 0.4) is 0 Å². The highest BCUT2D eigenvalue weighted by atomic mass is 32.2. The van der Waals surface area contributed by atoms with E-state index < -0.39 is 10.0 Å². The molecule has 0 aromatic heterocycles. The molecular weight excluding hydrogens is 266 g/mol. The van der Waals surface area contributed by atoms with Crippen molar-refractivity contribution in [2.45, 2.75) is 30.7 Å². The molecule has 0 radical (unpaired) electrons. The number of rotatable bonds is 6. The fourth-order valence-electron chi connectivity index (χ4n) is 1.71. The average Bonchev–Trinajstić information content (AvgIpc) is 2.27. The van der Waals surface area contributed by atoms with Crippen LogP contribution in [0, 0.1) is 0 Å². The predicted octanol–water partition coefficient (Wildman–Crippen LogP) is 0.750. The molecule has 1 aromatic carbocycles.